The number of nitrogens with zero attached hydrogens (tertiary/aromatic N) is 1. The Kier molecular flexibility index (Phi) is 4.87. The molecule has 19 heavy (non-hydrogen) atoms. The van der Waals surface area contributed by atoms with E-state index in [0.717, 1.165) is 36.6 Å². The van der Waals surface area contributed by atoms with Crippen LogP contribution in [0.15, 0.2) is 17.6 Å². The van der Waals surface area contributed by atoms with Crippen molar-refractivity contribution in [2.75, 3.05) is 5.75 Å². The first-order valence-electron chi connectivity index (χ1n) is 6.73. The van der Waals surface area contributed by atoms with Crippen molar-refractivity contribution in [3.05, 3.63) is 12.4 Å². The average molecular weight is 283 g/mol. The third-order valence-corrected chi connectivity index (χ3v) is 4.34. The molecule has 0 bridgehead atoms. The van der Waals surface area contributed by atoms with Gasteiger partial charge >= 0.3 is 5.97 Å². The Bertz CT molecular complexity index is 406. The van der Waals surface area contributed by atoms with Crippen LogP contribution in [-0.4, -0.2) is 38.4 Å². The van der Waals surface area contributed by atoms with Gasteiger partial charge in [0, 0.05) is 24.2 Å². The second-order valence-corrected chi connectivity index (χ2v) is 6.34. The van der Waals surface area contributed by atoms with Gasteiger partial charge in [0.05, 0.1) is 0 Å². The zero-order chi connectivity index (χ0) is 13.7. The number of unbranched alkanes of at least 4 members (excludes halogenated alkanes) is 1. The highest BCUT2D eigenvalue weighted by molar-refractivity contribution is 7.99. The van der Waals surface area contributed by atoms with E-state index in [1.54, 1.807) is 24.9 Å². The van der Waals surface area contributed by atoms with Gasteiger partial charge in [-0.15, -0.1) is 0 Å². The number of nitrogens with one attached hydrogen (secondary N) is 2. The Morgan fingerprint density at radius 1 is 1.63 bits per heavy atom. The molecule has 1 aromatic heterocycles. The van der Waals surface area contributed by atoms with Gasteiger partial charge in [-0.2, -0.15) is 0 Å². The van der Waals surface area contributed by atoms with Crippen LogP contribution in [0.5, 0.6) is 0 Å². The average Bonchev–Trinajstić information content (AvgIpc) is 3.02. The zero-order valence-corrected chi connectivity index (χ0v) is 12.0. The van der Waals surface area contributed by atoms with E-state index in [4.69, 9.17) is 0 Å². The molecule has 0 aromatic carbocycles. The summed E-state index contributed by atoms with van der Waals surface area (Å²) in [6.45, 7) is 1.80. The number of aliphatic carboxylic acids is 1. The summed E-state index contributed by atoms with van der Waals surface area (Å²) in [6, 6.07) is 0.415. The van der Waals surface area contributed by atoms with E-state index >= 15 is 0 Å². The van der Waals surface area contributed by atoms with E-state index in [9.17, 15) is 9.90 Å². The SMILES string of the molecule is CC(CCCCSc1ncc[nH]1)(NC1CC1)C(=O)O. The van der Waals surface area contributed by atoms with E-state index < -0.39 is 11.5 Å². The van der Waals surface area contributed by atoms with Crippen molar-refractivity contribution >= 4 is 17.7 Å². The number of hydrogen-bond donors (Lipinski definition) is 3. The molecule has 1 aromatic rings. The third-order valence-electron chi connectivity index (χ3n) is 3.36. The van der Waals surface area contributed by atoms with E-state index in [-0.39, 0.29) is 0 Å². The molecule has 1 atom stereocenters. The molecule has 3 N–H and O–H groups in total. The minimum Gasteiger partial charge on any atom is -0.480 e. The maximum absolute atomic E-state index is 11.4. The molecular formula is C13H21N3O2S. The van der Waals surface area contributed by atoms with Crippen molar-refractivity contribution in [2.24, 2.45) is 0 Å². The Labute approximate surface area is 117 Å². The molecule has 5 nitrogen and oxygen atoms in total. The first-order valence-corrected chi connectivity index (χ1v) is 7.72. The van der Waals surface area contributed by atoms with Crippen molar-refractivity contribution < 1.29 is 9.90 Å². The van der Waals surface area contributed by atoms with Crippen LogP contribution in [0.4, 0.5) is 0 Å². The number of carboxylic acids is 1. The molecule has 1 aliphatic carbocycles. The highest BCUT2D eigenvalue weighted by atomic mass is 32.2. The van der Waals surface area contributed by atoms with E-state index in [1.165, 1.54) is 0 Å². The lowest BCUT2D eigenvalue weighted by molar-refractivity contribution is -0.144. The third kappa shape index (κ3) is 4.54. The van der Waals surface area contributed by atoms with Gasteiger partial charge in [0.15, 0.2) is 5.16 Å². The number of aromatic nitrogens is 2. The maximum Gasteiger partial charge on any atom is 0.323 e. The summed E-state index contributed by atoms with van der Waals surface area (Å²) in [4.78, 5) is 18.5. The number of thioether (sulfide) groups is 1. The number of rotatable bonds is 9. The maximum atomic E-state index is 11.4. The monoisotopic (exact) mass is 283 g/mol. The molecule has 0 spiro atoms. The highest BCUT2D eigenvalue weighted by Crippen LogP contribution is 2.26. The van der Waals surface area contributed by atoms with E-state index in [0.29, 0.717) is 12.5 Å². The van der Waals surface area contributed by atoms with Gasteiger partial charge in [-0.25, -0.2) is 4.98 Å². The van der Waals surface area contributed by atoms with Gasteiger partial charge < -0.3 is 10.1 Å². The fraction of sp³-hybridized carbons (Fsp3) is 0.692. The summed E-state index contributed by atoms with van der Waals surface area (Å²) in [7, 11) is 0. The van der Waals surface area contributed by atoms with Crippen molar-refractivity contribution in [2.45, 2.75) is 55.8 Å². The molecule has 0 radical (unpaired) electrons. The first kappa shape index (κ1) is 14.4. The Morgan fingerprint density at radius 3 is 3.00 bits per heavy atom. The van der Waals surface area contributed by atoms with Gasteiger partial charge in [-0.05, 0) is 32.6 Å². The summed E-state index contributed by atoms with van der Waals surface area (Å²) in [5.41, 5.74) is -0.767. The number of carbonyl (C=O) groups is 1. The van der Waals surface area contributed by atoms with Crippen LogP contribution >= 0.6 is 11.8 Å². The molecule has 0 saturated heterocycles. The van der Waals surface area contributed by atoms with Gasteiger partial charge in [0.1, 0.15) is 5.54 Å². The van der Waals surface area contributed by atoms with Gasteiger partial charge in [0.25, 0.3) is 0 Å². The normalized spacial score (nSPS) is 18.2. The second-order valence-electron chi connectivity index (χ2n) is 5.26. The molecule has 1 aliphatic rings. The largest absolute Gasteiger partial charge is 0.480 e. The van der Waals surface area contributed by atoms with Crippen LogP contribution in [0.2, 0.25) is 0 Å². The van der Waals surface area contributed by atoms with Crippen molar-refractivity contribution in [1.82, 2.24) is 15.3 Å². The van der Waals surface area contributed by atoms with Gasteiger partial charge in [-0.3, -0.25) is 10.1 Å². The topological polar surface area (TPSA) is 78.0 Å². The van der Waals surface area contributed by atoms with Crippen LogP contribution < -0.4 is 5.32 Å². The van der Waals surface area contributed by atoms with Crippen LogP contribution in [0.25, 0.3) is 0 Å². The number of hydrogen-bond acceptors (Lipinski definition) is 4. The van der Waals surface area contributed by atoms with Crippen molar-refractivity contribution in [1.29, 1.82) is 0 Å². The fourth-order valence-corrected chi connectivity index (χ4v) is 2.83. The summed E-state index contributed by atoms with van der Waals surface area (Å²) >= 11 is 1.68. The fourth-order valence-electron chi connectivity index (χ4n) is 2.00. The molecule has 1 heterocycles. The molecule has 106 valence electrons. The number of aromatic amines is 1. The minimum atomic E-state index is -0.767. The van der Waals surface area contributed by atoms with Crippen LogP contribution in [0.1, 0.15) is 39.0 Å². The van der Waals surface area contributed by atoms with E-state index in [1.807, 2.05) is 6.20 Å². The molecule has 1 unspecified atom stereocenters. The van der Waals surface area contributed by atoms with Crippen LogP contribution in [-0.2, 0) is 4.79 Å². The first-order chi connectivity index (χ1) is 9.10. The van der Waals surface area contributed by atoms with Crippen molar-refractivity contribution in [3.63, 3.8) is 0 Å². The summed E-state index contributed by atoms with van der Waals surface area (Å²) in [6.07, 6.45) is 8.36. The van der Waals surface area contributed by atoms with Gasteiger partial charge in [-0.1, -0.05) is 18.2 Å². The summed E-state index contributed by atoms with van der Waals surface area (Å²) in [5.74, 6) is 0.227. The zero-order valence-electron chi connectivity index (χ0n) is 11.2. The van der Waals surface area contributed by atoms with Crippen LogP contribution in [0.3, 0.4) is 0 Å². The molecule has 1 fully saturated rings. The van der Waals surface area contributed by atoms with E-state index in [2.05, 4.69) is 15.3 Å². The lowest BCUT2D eigenvalue weighted by Crippen LogP contribution is -2.50. The highest BCUT2D eigenvalue weighted by Gasteiger charge is 2.37. The lowest BCUT2D eigenvalue weighted by Gasteiger charge is -2.26. The molecule has 0 amide bonds. The molecule has 2 rings (SSSR count). The quantitative estimate of drug-likeness (QED) is 0.478. The molecular weight excluding hydrogens is 262 g/mol. The predicted molar refractivity (Wildman–Crippen MR) is 75.4 cm³/mol. The second kappa shape index (κ2) is 6.43. The number of carboxylic acid groups (broad SMARTS) is 1. The number of H-pyrrole nitrogens is 1. The molecule has 6 heteroatoms. The van der Waals surface area contributed by atoms with Crippen LogP contribution in [0, 0.1) is 0 Å². The summed E-state index contributed by atoms with van der Waals surface area (Å²) in [5, 5.41) is 13.5. The Hall–Kier alpha value is -1.01. The molecule has 1 saturated carbocycles. The Morgan fingerprint density at radius 2 is 2.42 bits per heavy atom. The number of imidazole rings is 1. The standard InChI is InChI=1S/C13H21N3O2S/c1-13(11(17)18,16-10-4-5-10)6-2-3-9-19-12-14-7-8-15-12/h7-8,10,16H,2-6,9H2,1H3,(H,14,15)(H,17,18). The Balaban J connectivity index is 1.65. The van der Waals surface area contributed by atoms with Crippen molar-refractivity contribution in [3.8, 4) is 0 Å². The summed E-state index contributed by atoms with van der Waals surface area (Å²) < 4.78 is 0. The predicted octanol–water partition coefficient (Wildman–Crippen LogP) is 2.27. The minimum absolute atomic E-state index is 0.415. The lowest BCUT2D eigenvalue weighted by atomic mass is 9.95. The van der Waals surface area contributed by atoms with Gasteiger partial charge in [0.2, 0.25) is 0 Å². The smallest absolute Gasteiger partial charge is 0.323 e. The molecule has 0 aliphatic heterocycles.